The van der Waals surface area contributed by atoms with Crippen LogP contribution >= 0.6 is 12.4 Å². The summed E-state index contributed by atoms with van der Waals surface area (Å²) in [7, 11) is 0. The zero-order valence-electron chi connectivity index (χ0n) is 5.96. The van der Waals surface area contributed by atoms with E-state index >= 15 is 0 Å². The second-order valence-electron chi connectivity index (χ2n) is 1.96. The first kappa shape index (κ1) is 12.3. The van der Waals surface area contributed by atoms with Crippen molar-refractivity contribution in [3.63, 3.8) is 0 Å². The van der Waals surface area contributed by atoms with Crippen LogP contribution in [0.15, 0.2) is 12.7 Å². The Bertz CT molecular complexity index is 134. The molecule has 0 saturated heterocycles. The minimum Gasteiger partial charge on any atom is -0.307 e. The molecule has 0 bridgehead atoms. The van der Waals surface area contributed by atoms with Gasteiger partial charge in [-0.3, -0.25) is 4.79 Å². The van der Waals surface area contributed by atoms with Crippen LogP contribution in [0, 0.1) is 0 Å². The molecule has 10 heavy (non-hydrogen) atoms. The highest BCUT2D eigenvalue weighted by molar-refractivity contribution is 5.96. The standard InChI is InChI=1S/C6H12N2O.ClH/c1-3-5(9)6(7,8)4-2;/h3H,1,4,7-8H2,2H3;1H. The van der Waals surface area contributed by atoms with Crippen LogP contribution in [0.3, 0.4) is 0 Å². The van der Waals surface area contributed by atoms with Gasteiger partial charge in [-0.15, -0.1) is 12.4 Å². The molecule has 0 heterocycles. The van der Waals surface area contributed by atoms with Gasteiger partial charge in [-0.25, -0.2) is 0 Å². The zero-order chi connectivity index (χ0) is 7.49. The van der Waals surface area contributed by atoms with E-state index in [4.69, 9.17) is 11.5 Å². The smallest absolute Gasteiger partial charge is 0.189 e. The van der Waals surface area contributed by atoms with Gasteiger partial charge in [0.2, 0.25) is 0 Å². The van der Waals surface area contributed by atoms with Gasteiger partial charge in [-0.1, -0.05) is 13.5 Å². The highest BCUT2D eigenvalue weighted by Crippen LogP contribution is 1.98. The third-order valence-electron chi connectivity index (χ3n) is 1.23. The number of halogens is 1. The normalized spacial score (nSPS) is 9.90. The lowest BCUT2D eigenvalue weighted by Crippen LogP contribution is -2.55. The molecule has 0 aromatic carbocycles. The third-order valence-corrected chi connectivity index (χ3v) is 1.23. The van der Waals surface area contributed by atoms with Gasteiger partial charge in [-0.2, -0.15) is 0 Å². The van der Waals surface area contributed by atoms with Crippen molar-refractivity contribution in [1.29, 1.82) is 0 Å². The molecular weight excluding hydrogens is 152 g/mol. The van der Waals surface area contributed by atoms with Crippen molar-refractivity contribution < 1.29 is 4.79 Å². The highest BCUT2D eigenvalue weighted by Gasteiger charge is 2.22. The molecule has 0 amide bonds. The van der Waals surface area contributed by atoms with Crippen molar-refractivity contribution in [3.8, 4) is 0 Å². The summed E-state index contributed by atoms with van der Waals surface area (Å²) in [4.78, 5) is 10.7. The van der Waals surface area contributed by atoms with Gasteiger partial charge in [0.1, 0.15) is 5.66 Å². The fourth-order valence-electron chi connectivity index (χ4n) is 0.364. The molecular formula is C6H13ClN2O. The first-order chi connectivity index (χ1) is 4.04. The van der Waals surface area contributed by atoms with Crippen LogP contribution in [0.25, 0.3) is 0 Å². The van der Waals surface area contributed by atoms with Crippen LogP contribution in [0.1, 0.15) is 13.3 Å². The third kappa shape index (κ3) is 2.96. The summed E-state index contributed by atoms with van der Waals surface area (Å²) in [6, 6.07) is 0. The Labute approximate surface area is 66.9 Å². The van der Waals surface area contributed by atoms with Crippen LogP contribution < -0.4 is 11.5 Å². The van der Waals surface area contributed by atoms with Gasteiger partial charge in [0, 0.05) is 0 Å². The van der Waals surface area contributed by atoms with Crippen molar-refractivity contribution in [3.05, 3.63) is 12.7 Å². The molecule has 3 nitrogen and oxygen atoms in total. The Morgan fingerprint density at radius 1 is 1.70 bits per heavy atom. The van der Waals surface area contributed by atoms with E-state index in [1.165, 1.54) is 0 Å². The zero-order valence-corrected chi connectivity index (χ0v) is 6.78. The van der Waals surface area contributed by atoms with E-state index < -0.39 is 5.66 Å². The second-order valence-corrected chi connectivity index (χ2v) is 1.96. The summed E-state index contributed by atoms with van der Waals surface area (Å²) < 4.78 is 0. The van der Waals surface area contributed by atoms with Crippen LogP contribution in [0.2, 0.25) is 0 Å². The molecule has 60 valence electrons. The molecule has 0 fully saturated rings. The molecule has 0 saturated carbocycles. The Morgan fingerprint density at radius 3 is 2.20 bits per heavy atom. The summed E-state index contributed by atoms with van der Waals surface area (Å²) in [5, 5.41) is 0. The van der Waals surface area contributed by atoms with E-state index in [1.807, 2.05) is 0 Å². The lowest BCUT2D eigenvalue weighted by Gasteiger charge is -2.17. The first-order valence-electron chi connectivity index (χ1n) is 2.79. The van der Waals surface area contributed by atoms with Crippen molar-refractivity contribution in [2.24, 2.45) is 11.5 Å². The van der Waals surface area contributed by atoms with Crippen molar-refractivity contribution in [2.75, 3.05) is 0 Å². The van der Waals surface area contributed by atoms with Gasteiger partial charge >= 0.3 is 0 Å². The maximum Gasteiger partial charge on any atom is 0.189 e. The summed E-state index contributed by atoms with van der Waals surface area (Å²) in [5.74, 6) is -0.315. The number of hydrogen-bond acceptors (Lipinski definition) is 3. The van der Waals surface area contributed by atoms with Gasteiger partial charge in [0.25, 0.3) is 0 Å². The number of carbonyl (C=O) groups is 1. The van der Waals surface area contributed by atoms with Gasteiger partial charge in [0.15, 0.2) is 5.78 Å². The molecule has 0 aliphatic heterocycles. The fraction of sp³-hybridized carbons (Fsp3) is 0.500. The first-order valence-corrected chi connectivity index (χ1v) is 2.79. The molecule has 0 aliphatic carbocycles. The Balaban J connectivity index is 0. The highest BCUT2D eigenvalue weighted by atomic mass is 35.5. The maximum absolute atomic E-state index is 10.7. The van der Waals surface area contributed by atoms with Gasteiger partial charge in [0.05, 0.1) is 0 Å². The quantitative estimate of drug-likeness (QED) is 0.462. The average molecular weight is 165 g/mol. The molecule has 0 spiro atoms. The lowest BCUT2D eigenvalue weighted by molar-refractivity contribution is -0.119. The minimum atomic E-state index is -1.21. The number of rotatable bonds is 3. The molecule has 0 radical (unpaired) electrons. The summed E-state index contributed by atoms with van der Waals surface area (Å²) in [6.07, 6.45) is 1.57. The van der Waals surface area contributed by atoms with Gasteiger partial charge in [-0.05, 0) is 12.5 Å². The molecule has 0 aliphatic rings. The van der Waals surface area contributed by atoms with E-state index in [1.54, 1.807) is 6.92 Å². The Morgan fingerprint density at radius 2 is 2.10 bits per heavy atom. The number of ketones is 1. The summed E-state index contributed by atoms with van der Waals surface area (Å²) >= 11 is 0. The number of hydrogen-bond donors (Lipinski definition) is 2. The summed E-state index contributed by atoms with van der Waals surface area (Å²) in [6.45, 7) is 5.02. The molecule has 0 atom stereocenters. The van der Waals surface area contributed by atoms with Crippen LogP contribution in [-0.2, 0) is 4.79 Å². The fourth-order valence-corrected chi connectivity index (χ4v) is 0.364. The van der Waals surface area contributed by atoms with Crippen molar-refractivity contribution >= 4 is 18.2 Å². The van der Waals surface area contributed by atoms with E-state index in [0.717, 1.165) is 6.08 Å². The molecule has 0 rings (SSSR count). The monoisotopic (exact) mass is 164 g/mol. The molecule has 4 heteroatoms. The van der Waals surface area contributed by atoms with Crippen LogP contribution in [0.5, 0.6) is 0 Å². The minimum absolute atomic E-state index is 0. The maximum atomic E-state index is 10.7. The van der Waals surface area contributed by atoms with Crippen LogP contribution in [0.4, 0.5) is 0 Å². The van der Waals surface area contributed by atoms with E-state index in [0.29, 0.717) is 6.42 Å². The molecule has 0 aromatic rings. The molecule has 0 unspecified atom stereocenters. The van der Waals surface area contributed by atoms with Crippen molar-refractivity contribution in [2.45, 2.75) is 19.0 Å². The lowest BCUT2D eigenvalue weighted by atomic mass is 10.0. The number of carbonyl (C=O) groups excluding carboxylic acids is 1. The predicted molar refractivity (Wildman–Crippen MR) is 43.8 cm³/mol. The van der Waals surface area contributed by atoms with E-state index in [2.05, 4.69) is 6.58 Å². The molecule has 0 aromatic heterocycles. The van der Waals surface area contributed by atoms with Crippen LogP contribution in [-0.4, -0.2) is 11.4 Å². The average Bonchev–Trinajstić information content (AvgIpc) is 1.86. The summed E-state index contributed by atoms with van der Waals surface area (Å²) in [5.41, 5.74) is 9.45. The van der Waals surface area contributed by atoms with E-state index in [-0.39, 0.29) is 18.2 Å². The topological polar surface area (TPSA) is 69.1 Å². The SMILES string of the molecule is C=CC(=O)C(N)(N)CC.Cl. The van der Waals surface area contributed by atoms with Crippen molar-refractivity contribution in [1.82, 2.24) is 0 Å². The Hall–Kier alpha value is -0.380. The Kier molecular flexibility index (Phi) is 5.46. The van der Waals surface area contributed by atoms with E-state index in [9.17, 15) is 4.79 Å². The largest absolute Gasteiger partial charge is 0.307 e. The van der Waals surface area contributed by atoms with Gasteiger partial charge < -0.3 is 11.5 Å². The number of nitrogens with two attached hydrogens (primary N) is 2. The predicted octanol–water partition coefficient (Wildman–Crippen LogP) is 0.187. The second kappa shape index (κ2) is 4.44. The molecule has 4 N–H and O–H groups in total.